The van der Waals surface area contributed by atoms with Crippen LogP contribution in [0.25, 0.3) is 0 Å². The molecule has 0 radical (unpaired) electrons. The minimum Gasteiger partial charge on any atom is -0.491 e. The van der Waals surface area contributed by atoms with E-state index >= 15 is 0 Å². The highest BCUT2D eigenvalue weighted by Gasteiger charge is 2.31. The highest BCUT2D eigenvalue weighted by atomic mass is 19.3. The fourth-order valence-corrected chi connectivity index (χ4v) is 2.41. The van der Waals surface area contributed by atoms with Crippen LogP contribution in [0.3, 0.4) is 0 Å². The van der Waals surface area contributed by atoms with Crippen LogP contribution in [0, 0.1) is 0 Å². The molecule has 1 aliphatic heterocycles. The zero-order valence-electron chi connectivity index (χ0n) is 14.7. The van der Waals surface area contributed by atoms with Crippen molar-refractivity contribution >= 4 is 5.91 Å². The van der Waals surface area contributed by atoms with Gasteiger partial charge in [-0.3, -0.25) is 4.79 Å². The Morgan fingerprint density at radius 1 is 1.35 bits per heavy atom. The van der Waals surface area contributed by atoms with Crippen molar-refractivity contribution in [3.8, 4) is 5.75 Å². The topological polar surface area (TPSA) is 29.5 Å². The Bertz CT molecular complexity index is 526. The molecule has 0 N–H and O–H groups in total. The minimum atomic E-state index is -2.91. The summed E-state index contributed by atoms with van der Waals surface area (Å²) < 4.78 is 32.0. The van der Waals surface area contributed by atoms with Crippen LogP contribution in [0.1, 0.15) is 62.9 Å². The highest BCUT2D eigenvalue weighted by Crippen LogP contribution is 2.29. The molecular formula is C18H27F2NO2. The normalized spacial score (nSPS) is 15.8. The van der Waals surface area contributed by atoms with Crippen LogP contribution in [-0.4, -0.2) is 36.4 Å². The molecule has 5 heteroatoms. The summed E-state index contributed by atoms with van der Waals surface area (Å²) in [5, 5.41) is 0. The van der Waals surface area contributed by atoms with Gasteiger partial charge in [0.1, 0.15) is 12.4 Å². The van der Waals surface area contributed by atoms with E-state index < -0.39 is 12.5 Å². The molecule has 0 fully saturated rings. The van der Waals surface area contributed by atoms with E-state index in [1.807, 2.05) is 19.9 Å². The Kier molecular flexibility index (Phi) is 6.98. The third kappa shape index (κ3) is 5.19. The standard InChI is InChI=1S/C16H21F2NO2.C2H6/c1-4-11(2)12-5-6-14-13(9-12)15(20)19(7-8-21-14)10-16(3,17)18;1-2/h5-6,9,11H,4,7-8,10H2,1-3H3;1-2H3. The summed E-state index contributed by atoms with van der Waals surface area (Å²) in [5.41, 5.74) is 1.41. The minimum absolute atomic E-state index is 0.176. The average Bonchev–Trinajstić information content (AvgIpc) is 2.67. The van der Waals surface area contributed by atoms with Gasteiger partial charge in [0.25, 0.3) is 11.8 Å². The number of halogens is 2. The Morgan fingerprint density at radius 2 is 2.00 bits per heavy atom. The SMILES string of the molecule is CC.CCC(C)c1ccc2c(c1)C(=O)N(CC(C)(F)F)CCO2. The molecule has 0 aliphatic carbocycles. The molecule has 1 aromatic carbocycles. The number of carbonyl (C=O) groups excluding carboxylic acids is 1. The molecule has 1 amide bonds. The Balaban J connectivity index is 0.00000127. The van der Waals surface area contributed by atoms with Crippen molar-refractivity contribution < 1.29 is 18.3 Å². The summed E-state index contributed by atoms with van der Waals surface area (Å²) in [5.74, 6) is -2.50. The maximum absolute atomic E-state index is 13.2. The second-order valence-corrected chi connectivity index (χ2v) is 5.71. The molecular weight excluding hydrogens is 300 g/mol. The van der Waals surface area contributed by atoms with E-state index in [4.69, 9.17) is 4.74 Å². The molecule has 1 heterocycles. The first kappa shape index (κ1) is 19.4. The summed E-state index contributed by atoms with van der Waals surface area (Å²) in [6.07, 6.45) is 0.949. The molecule has 0 saturated heterocycles. The quantitative estimate of drug-likeness (QED) is 0.801. The van der Waals surface area contributed by atoms with Crippen LogP contribution in [-0.2, 0) is 0 Å². The summed E-state index contributed by atoms with van der Waals surface area (Å²) >= 11 is 0. The summed E-state index contributed by atoms with van der Waals surface area (Å²) in [6, 6.07) is 5.48. The van der Waals surface area contributed by atoms with Crippen LogP contribution in [0.2, 0.25) is 0 Å². The van der Waals surface area contributed by atoms with Crippen LogP contribution < -0.4 is 4.74 Å². The first-order valence-corrected chi connectivity index (χ1v) is 8.25. The van der Waals surface area contributed by atoms with Gasteiger partial charge in [0.05, 0.1) is 18.7 Å². The largest absolute Gasteiger partial charge is 0.491 e. The summed E-state index contributed by atoms with van der Waals surface area (Å²) in [6.45, 7) is 8.79. The fourth-order valence-electron chi connectivity index (χ4n) is 2.41. The number of nitrogens with zero attached hydrogens (tertiary/aromatic N) is 1. The van der Waals surface area contributed by atoms with Gasteiger partial charge in [-0.15, -0.1) is 0 Å². The first-order chi connectivity index (χ1) is 10.8. The number of fused-ring (bicyclic) bond motifs is 1. The Labute approximate surface area is 137 Å². The lowest BCUT2D eigenvalue weighted by Gasteiger charge is -2.23. The highest BCUT2D eigenvalue weighted by molar-refractivity contribution is 5.97. The van der Waals surface area contributed by atoms with Gasteiger partial charge in [0.2, 0.25) is 0 Å². The van der Waals surface area contributed by atoms with E-state index in [1.54, 1.807) is 12.1 Å². The maximum Gasteiger partial charge on any atom is 0.262 e. The van der Waals surface area contributed by atoms with Crippen molar-refractivity contribution in [2.75, 3.05) is 19.7 Å². The number of rotatable bonds is 4. The van der Waals surface area contributed by atoms with E-state index in [9.17, 15) is 13.6 Å². The van der Waals surface area contributed by atoms with E-state index in [-0.39, 0.29) is 19.1 Å². The van der Waals surface area contributed by atoms with Crippen LogP contribution in [0.4, 0.5) is 8.78 Å². The van der Waals surface area contributed by atoms with E-state index in [0.717, 1.165) is 18.9 Å². The van der Waals surface area contributed by atoms with Crippen molar-refractivity contribution in [3.05, 3.63) is 29.3 Å². The number of hydrogen-bond donors (Lipinski definition) is 0. The lowest BCUT2D eigenvalue weighted by Crippen LogP contribution is -2.40. The molecule has 1 aromatic rings. The molecule has 0 bridgehead atoms. The van der Waals surface area contributed by atoms with Crippen molar-refractivity contribution in [2.45, 2.75) is 52.9 Å². The molecule has 2 rings (SSSR count). The smallest absolute Gasteiger partial charge is 0.262 e. The van der Waals surface area contributed by atoms with Gasteiger partial charge in [-0.2, -0.15) is 0 Å². The number of ether oxygens (including phenoxy) is 1. The maximum atomic E-state index is 13.2. The van der Waals surface area contributed by atoms with Crippen LogP contribution in [0.5, 0.6) is 5.75 Å². The Morgan fingerprint density at radius 3 is 2.57 bits per heavy atom. The lowest BCUT2D eigenvalue weighted by atomic mass is 9.96. The number of carbonyl (C=O) groups is 1. The predicted octanol–water partition coefficient (Wildman–Crippen LogP) is 4.72. The van der Waals surface area contributed by atoms with Crippen molar-refractivity contribution in [2.24, 2.45) is 0 Å². The molecule has 1 unspecified atom stereocenters. The number of benzene rings is 1. The monoisotopic (exact) mass is 327 g/mol. The average molecular weight is 327 g/mol. The molecule has 23 heavy (non-hydrogen) atoms. The molecule has 1 aliphatic rings. The van der Waals surface area contributed by atoms with Gasteiger partial charge in [-0.05, 0) is 30.0 Å². The lowest BCUT2D eigenvalue weighted by molar-refractivity contribution is -0.0117. The van der Waals surface area contributed by atoms with Gasteiger partial charge < -0.3 is 9.64 Å². The van der Waals surface area contributed by atoms with E-state index in [1.165, 1.54) is 4.90 Å². The van der Waals surface area contributed by atoms with Crippen LogP contribution in [0.15, 0.2) is 18.2 Å². The van der Waals surface area contributed by atoms with Crippen molar-refractivity contribution in [3.63, 3.8) is 0 Å². The van der Waals surface area contributed by atoms with Gasteiger partial charge >= 0.3 is 0 Å². The zero-order valence-corrected chi connectivity index (χ0v) is 14.7. The predicted molar refractivity (Wildman–Crippen MR) is 88.5 cm³/mol. The first-order valence-electron chi connectivity index (χ1n) is 8.25. The zero-order chi connectivity index (χ0) is 17.6. The van der Waals surface area contributed by atoms with E-state index in [0.29, 0.717) is 17.2 Å². The number of amides is 1. The van der Waals surface area contributed by atoms with E-state index in [2.05, 4.69) is 13.8 Å². The third-order valence-corrected chi connectivity index (χ3v) is 3.79. The Hall–Kier alpha value is -1.65. The second kappa shape index (κ2) is 8.27. The number of alkyl halides is 2. The van der Waals surface area contributed by atoms with Gasteiger partial charge in [-0.25, -0.2) is 8.78 Å². The molecule has 130 valence electrons. The van der Waals surface area contributed by atoms with Gasteiger partial charge in [0, 0.05) is 6.92 Å². The fraction of sp³-hybridized carbons (Fsp3) is 0.611. The number of hydrogen-bond acceptors (Lipinski definition) is 2. The molecule has 3 nitrogen and oxygen atoms in total. The summed E-state index contributed by atoms with van der Waals surface area (Å²) in [7, 11) is 0. The second-order valence-electron chi connectivity index (χ2n) is 5.71. The van der Waals surface area contributed by atoms with Crippen molar-refractivity contribution in [1.29, 1.82) is 0 Å². The molecule has 0 spiro atoms. The summed E-state index contributed by atoms with van der Waals surface area (Å²) in [4.78, 5) is 13.7. The third-order valence-electron chi connectivity index (χ3n) is 3.79. The van der Waals surface area contributed by atoms with Gasteiger partial charge in [-0.1, -0.05) is 33.8 Å². The molecule has 0 aromatic heterocycles. The van der Waals surface area contributed by atoms with Crippen molar-refractivity contribution in [1.82, 2.24) is 4.90 Å². The van der Waals surface area contributed by atoms with Crippen LogP contribution >= 0.6 is 0 Å². The van der Waals surface area contributed by atoms with Gasteiger partial charge in [0.15, 0.2) is 0 Å². The molecule has 0 saturated carbocycles. The molecule has 1 atom stereocenters.